The first-order valence-electron chi connectivity index (χ1n) is 6.44. The standard InChI is InChI=1S/C13H15Cl2N3O2/c14-8-1-2-9(19)10(11(8)15)7-5-18(6-3-17-4-6)13(20)12(7)16/h1-2,6-7,12,17,19H,3-5,16H2/t7-,12-/m0/s1. The van der Waals surface area contributed by atoms with Gasteiger partial charge >= 0.3 is 0 Å². The first-order valence-corrected chi connectivity index (χ1v) is 7.20. The largest absolute Gasteiger partial charge is 0.508 e. The van der Waals surface area contributed by atoms with Gasteiger partial charge in [0.05, 0.1) is 22.1 Å². The zero-order valence-corrected chi connectivity index (χ0v) is 12.2. The Labute approximate surface area is 126 Å². The number of hydrogen-bond donors (Lipinski definition) is 3. The van der Waals surface area contributed by atoms with Crippen LogP contribution in [0.15, 0.2) is 12.1 Å². The van der Waals surface area contributed by atoms with Crippen LogP contribution in [0.5, 0.6) is 5.75 Å². The molecule has 0 aliphatic carbocycles. The molecule has 2 atom stereocenters. The van der Waals surface area contributed by atoms with Crippen LogP contribution in [0.2, 0.25) is 10.0 Å². The Kier molecular flexibility index (Phi) is 3.54. The Bertz CT molecular complexity index is 563. The zero-order chi connectivity index (χ0) is 14.4. The molecular weight excluding hydrogens is 301 g/mol. The number of phenols is 1. The minimum atomic E-state index is -0.697. The summed E-state index contributed by atoms with van der Waals surface area (Å²) in [4.78, 5) is 14.0. The highest BCUT2D eigenvalue weighted by Gasteiger charge is 2.44. The molecule has 2 saturated heterocycles. The molecule has 2 aliphatic rings. The van der Waals surface area contributed by atoms with E-state index in [9.17, 15) is 9.90 Å². The molecule has 1 aromatic carbocycles. The van der Waals surface area contributed by atoms with Crippen molar-refractivity contribution in [2.75, 3.05) is 19.6 Å². The lowest BCUT2D eigenvalue weighted by Gasteiger charge is -2.35. The van der Waals surface area contributed by atoms with Crippen LogP contribution in [-0.4, -0.2) is 47.6 Å². The molecule has 7 heteroatoms. The van der Waals surface area contributed by atoms with Gasteiger partial charge in [-0.2, -0.15) is 0 Å². The van der Waals surface area contributed by atoms with Crippen LogP contribution < -0.4 is 11.1 Å². The highest BCUT2D eigenvalue weighted by Crippen LogP contribution is 2.41. The van der Waals surface area contributed by atoms with Gasteiger partial charge in [0.25, 0.3) is 0 Å². The summed E-state index contributed by atoms with van der Waals surface area (Å²) in [5.41, 5.74) is 6.49. The fourth-order valence-corrected chi connectivity index (χ4v) is 3.25. The summed E-state index contributed by atoms with van der Waals surface area (Å²) in [6.07, 6.45) is 0. The second-order valence-corrected chi connectivity index (χ2v) is 6.01. The Balaban J connectivity index is 1.95. The molecule has 1 amide bonds. The normalized spacial score (nSPS) is 26.9. The number of rotatable bonds is 2. The average Bonchev–Trinajstić information content (AvgIpc) is 2.62. The molecule has 108 valence electrons. The molecule has 1 aromatic rings. The molecule has 0 saturated carbocycles. The molecule has 2 aliphatic heterocycles. The van der Waals surface area contributed by atoms with Gasteiger partial charge < -0.3 is 21.1 Å². The summed E-state index contributed by atoms with van der Waals surface area (Å²) in [5, 5.41) is 13.8. The molecule has 2 fully saturated rings. The number of aromatic hydroxyl groups is 1. The van der Waals surface area contributed by atoms with E-state index < -0.39 is 6.04 Å². The van der Waals surface area contributed by atoms with Gasteiger partial charge in [0.1, 0.15) is 5.75 Å². The molecule has 0 unspecified atom stereocenters. The number of phenolic OH excluding ortho intramolecular Hbond substituents is 1. The Morgan fingerprint density at radius 1 is 1.35 bits per heavy atom. The van der Waals surface area contributed by atoms with E-state index in [0.29, 0.717) is 17.1 Å². The third-order valence-corrected chi connectivity index (χ3v) is 4.90. The predicted molar refractivity (Wildman–Crippen MR) is 77.2 cm³/mol. The molecule has 4 N–H and O–H groups in total. The van der Waals surface area contributed by atoms with Gasteiger partial charge in [0.15, 0.2) is 0 Å². The van der Waals surface area contributed by atoms with E-state index in [0.717, 1.165) is 13.1 Å². The molecule has 2 heterocycles. The highest BCUT2D eigenvalue weighted by molar-refractivity contribution is 6.42. The fourth-order valence-electron chi connectivity index (χ4n) is 2.78. The maximum Gasteiger partial charge on any atom is 0.240 e. The van der Waals surface area contributed by atoms with Crippen LogP contribution >= 0.6 is 23.2 Å². The minimum Gasteiger partial charge on any atom is -0.508 e. The number of carbonyl (C=O) groups is 1. The van der Waals surface area contributed by atoms with Gasteiger partial charge in [0.2, 0.25) is 5.91 Å². The van der Waals surface area contributed by atoms with Crippen molar-refractivity contribution in [3.8, 4) is 5.75 Å². The lowest BCUT2D eigenvalue weighted by molar-refractivity contribution is -0.131. The molecule has 0 aromatic heterocycles. The topological polar surface area (TPSA) is 78.6 Å². The second-order valence-electron chi connectivity index (χ2n) is 5.23. The number of carbonyl (C=O) groups excluding carboxylic acids is 1. The smallest absolute Gasteiger partial charge is 0.240 e. The fraction of sp³-hybridized carbons (Fsp3) is 0.462. The lowest BCUT2D eigenvalue weighted by atomic mass is 9.93. The Morgan fingerprint density at radius 2 is 2.05 bits per heavy atom. The van der Waals surface area contributed by atoms with E-state index in [-0.39, 0.29) is 28.6 Å². The first-order chi connectivity index (χ1) is 9.50. The summed E-state index contributed by atoms with van der Waals surface area (Å²) in [5.74, 6) is -0.410. The van der Waals surface area contributed by atoms with Gasteiger partial charge in [-0.1, -0.05) is 23.2 Å². The summed E-state index contributed by atoms with van der Waals surface area (Å²) < 4.78 is 0. The van der Waals surface area contributed by atoms with Crippen molar-refractivity contribution >= 4 is 29.1 Å². The number of nitrogens with one attached hydrogen (secondary N) is 1. The van der Waals surface area contributed by atoms with Crippen LogP contribution in [0.25, 0.3) is 0 Å². The number of amides is 1. The maximum atomic E-state index is 12.2. The molecule has 3 rings (SSSR count). The highest BCUT2D eigenvalue weighted by atomic mass is 35.5. The van der Waals surface area contributed by atoms with Gasteiger partial charge in [0, 0.05) is 31.1 Å². The number of hydrogen-bond acceptors (Lipinski definition) is 4. The third kappa shape index (κ3) is 2.05. The quantitative estimate of drug-likeness (QED) is 0.758. The second kappa shape index (κ2) is 5.07. The van der Waals surface area contributed by atoms with Crippen molar-refractivity contribution in [1.29, 1.82) is 0 Å². The third-order valence-electron chi connectivity index (χ3n) is 4.08. The zero-order valence-electron chi connectivity index (χ0n) is 10.6. The Morgan fingerprint density at radius 3 is 2.65 bits per heavy atom. The number of likely N-dealkylation sites (tertiary alicyclic amines) is 1. The van der Waals surface area contributed by atoms with Crippen LogP contribution in [0.4, 0.5) is 0 Å². The van der Waals surface area contributed by atoms with Crippen molar-refractivity contribution in [3.05, 3.63) is 27.7 Å². The van der Waals surface area contributed by atoms with Gasteiger partial charge in [-0.15, -0.1) is 0 Å². The maximum absolute atomic E-state index is 12.2. The van der Waals surface area contributed by atoms with Crippen LogP contribution in [0.3, 0.4) is 0 Å². The van der Waals surface area contributed by atoms with Crippen molar-refractivity contribution in [2.24, 2.45) is 5.73 Å². The molecule has 0 radical (unpaired) electrons. The number of halogens is 2. The molecule has 5 nitrogen and oxygen atoms in total. The van der Waals surface area contributed by atoms with E-state index in [1.807, 2.05) is 0 Å². The van der Waals surface area contributed by atoms with Crippen LogP contribution in [0.1, 0.15) is 11.5 Å². The molecular formula is C13H15Cl2N3O2. The van der Waals surface area contributed by atoms with E-state index in [2.05, 4.69) is 5.32 Å². The van der Waals surface area contributed by atoms with Crippen molar-refractivity contribution in [3.63, 3.8) is 0 Å². The van der Waals surface area contributed by atoms with E-state index in [4.69, 9.17) is 28.9 Å². The van der Waals surface area contributed by atoms with Crippen molar-refractivity contribution in [1.82, 2.24) is 10.2 Å². The molecule has 0 bridgehead atoms. The minimum absolute atomic E-state index is 0.0289. The van der Waals surface area contributed by atoms with Gasteiger partial charge in [-0.3, -0.25) is 4.79 Å². The summed E-state index contributed by atoms with van der Waals surface area (Å²) in [6.45, 7) is 2.01. The van der Waals surface area contributed by atoms with Crippen LogP contribution in [0, 0.1) is 0 Å². The summed E-state index contributed by atoms with van der Waals surface area (Å²) >= 11 is 12.2. The van der Waals surface area contributed by atoms with E-state index in [1.165, 1.54) is 12.1 Å². The van der Waals surface area contributed by atoms with Gasteiger partial charge in [-0.05, 0) is 12.1 Å². The van der Waals surface area contributed by atoms with Gasteiger partial charge in [-0.25, -0.2) is 0 Å². The number of nitrogens with zero attached hydrogens (tertiary/aromatic N) is 1. The SMILES string of the molecule is N[C@@H]1C(=O)N(C2CNC2)C[C@H]1c1c(O)ccc(Cl)c1Cl. The first kappa shape index (κ1) is 13.9. The summed E-state index contributed by atoms with van der Waals surface area (Å²) in [7, 11) is 0. The lowest BCUT2D eigenvalue weighted by Crippen LogP contribution is -2.58. The monoisotopic (exact) mass is 315 g/mol. The van der Waals surface area contributed by atoms with Crippen LogP contribution in [-0.2, 0) is 4.79 Å². The number of nitrogens with two attached hydrogens (primary N) is 1. The predicted octanol–water partition coefficient (Wildman–Crippen LogP) is 0.924. The number of benzene rings is 1. The molecule has 0 spiro atoms. The summed E-state index contributed by atoms with van der Waals surface area (Å²) in [6, 6.07) is 2.49. The van der Waals surface area contributed by atoms with E-state index in [1.54, 1.807) is 4.90 Å². The van der Waals surface area contributed by atoms with Crippen molar-refractivity contribution in [2.45, 2.75) is 18.0 Å². The average molecular weight is 316 g/mol. The molecule has 20 heavy (non-hydrogen) atoms. The van der Waals surface area contributed by atoms with Crippen molar-refractivity contribution < 1.29 is 9.90 Å². The Hall–Kier alpha value is -1.01. The van der Waals surface area contributed by atoms with E-state index >= 15 is 0 Å².